The van der Waals surface area contributed by atoms with E-state index in [0.717, 1.165) is 23.6 Å². The van der Waals surface area contributed by atoms with Crippen LogP contribution < -0.4 is 0 Å². The molecule has 1 N–H and O–H groups in total. The molecule has 1 saturated carbocycles. The van der Waals surface area contributed by atoms with E-state index in [2.05, 4.69) is 6.07 Å². The van der Waals surface area contributed by atoms with Crippen molar-refractivity contribution < 1.29 is 9.50 Å². The molecule has 1 fully saturated rings. The van der Waals surface area contributed by atoms with Gasteiger partial charge in [0.15, 0.2) is 0 Å². The second-order valence-corrected chi connectivity index (χ2v) is 5.00. The van der Waals surface area contributed by atoms with Gasteiger partial charge >= 0.3 is 0 Å². The largest absolute Gasteiger partial charge is 0.395 e. The van der Waals surface area contributed by atoms with Crippen molar-refractivity contribution in [1.82, 2.24) is 0 Å². The van der Waals surface area contributed by atoms with E-state index in [-0.39, 0.29) is 17.8 Å². The molecule has 0 heterocycles. The van der Waals surface area contributed by atoms with Crippen LogP contribution in [0.3, 0.4) is 0 Å². The molecule has 0 amide bonds. The topological polar surface area (TPSA) is 20.2 Å². The van der Waals surface area contributed by atoms with Crippen LogP contribution in [0.4, 0.5) is 4.39 Å². The quantitative estimate of drug-likeness (QED) is 0.838. The molecule has 1 aliphatic carbocycles. The van der Waals surface area contributed by atoms with Crippen LogP contribution in [0.15, 0.2) is 36.4 Å². The lowest BCUT2D eigenvalue weighted by molar-refractivity contribution is 0.120. The van der Waals surface area contributed by atoms with Gasteiger partial charge in [0.25, 0.3) is 0 Å². The van der Waals surface area contributed by atoms with E-state index < -0.39 is 0 Å². The monoisotopic (exact) mass is 230 g/mol. The summed E-state index contributed by atoms with van der Waals surface area (Å²) in [5.41, 5.74) is 1.15. The molecule has 2 aromatic rings. The van der Waals surface area contributed by atoms with Crippen molar-refractivity contribution in [1.29, 1.82) is 0 Å². The summed E-state index contributed by atoms with van der Waals surface area (Å²) in [5.74, 6) is -0.203. The average molecular weight is 230 g/mol. The second-order valence-electron chi connectivity index (χ2n) is 5.00. The van der Waals surface area contributed by atoms with Crippen molar-refractivity contribution >= 4 is 10.8 Å². The van der Waals surface area contributed by atoms with E-state index >= 15 is 0 Å². The van der Waals surface area contributed by atoms with Gasteiger partial charge in [0, 0.05) is 5.41 Å². The molecule has 0 radical (unpaired) electrons. The van der Waals surface area contributed by atoms with Gasteiger partial charge < -0.3 is 5.11 Å². The standard InChI is InChI=1S/C15H15FO/c16-14-5-3-11-8-13(4-2-12(11)9-14)15(10-17)6-1-7-15/h2-5,8-9,17H,1,6-7,10H2. The fourth-order valence-electron chi connectivity index (χ4n) is 2.69. The second kappa shape index (κ2) is 3.81. The third kappa shape index (κ3) is 1.64. The first-order valence-corrected chi connectivity index (χ1v) is 6.04. The molecule has 0 saturated heterocycles. The van der Waals surface area contributed by atoms with Crippen molar-refractivity contribution in [3.63, 3.8) is 0 Å². The molecule has 2 heteroatoms. The molecule has 2 aromatic carbocycles. The lowest BCUT2D eigenvalue weighted by Gasteiger charge is -2.41. The highest BCUT2D eigenvalue weighted by Gasteiger charge is 2.37. The Bertz CT molecular complexity index is 552. The van der Waals surface area contributed by atoms with Gasteiger partial charge in [0.1, 0.15) is 5.82 Å². The van der Waals surface area contributed by atoms with Crippen LogP contribution in [-0.4, -0.2) is 11.7 Å². The summed E-state index contributed by atoms with van der Waals surface area (Å²) in [5, 5.41) is 11.5. The van der Waals surface area contributed by atoms with Crippen molar-refractivity contribution in [3.05, 3.63) is 47.8 Å². The van der Waals surface area contributed by atoms with Crippen LogP contribution >= 0.6 is 0 Å². The summed E-state index contributed by atoms with van der Waals surface area (Å²) in [4.78, 5) is 0. The van der Waals surface area contributed by atoms with Crippen LogP contribution in [0.1, 0.15) is 24.8 Å². The van der Waals surface area contributed by atoms with Gasteiger partial charge in [-0.2, -0.15) is 0 Å². The van der Waals surface area contributed by atoms with E-state index in [1.54, 1.807) is 12.1 Å². The summed E-state index contributed by atoms with van der Waals surface area (Å²) in [6, 6.07) is 10.9. The van der Waals surface area contributed by atoms with Crippen molar-refractivity contribution in [2.75, 3.05) is 6.61 Å². The lowest BCUT2D eigenvalue weighted by Crippen LogP contribution is -2.37. The van der Waals surface area contributed by atoms with E-state index in [4.69, 9.17) is 0 Å². The molecule has 0 aromatic heterocycles. The molecule has 1 aliphatic rings. The number of hydrogen-bond acceptors (Lipinski definition) is 1. The molecule has 0 bridgehead atoms. The highest BCUT2D eigenvalue weighted by atomic mass is 19.1. The average Bonchev–Trinajstić information content (AvgIpc) is 2.28. The number of rotatable bonds is 2. The van der Waals surface area contributed by atoms with Crippen molar-refractivity contribution in [3.8, 4) is 0 Å². The van der Waals surface area contributed by atoms with E-state index in [9.17, 15) is 9.50 Å². The van der Waals surface area contributed by atoms with Gasteiger partial charge in [0.05, 0.1) is 6.61 Å². The molecule has 0 atom stereocenters. The van der Waals surface area contributed by atoms with Gasteiger partial charge in [-0.3, -0.25) is 0 Å². The Morgan fingerprint density at radius 1 is 1.06 bits per heavy atom. The van der Waals surface area contributed by atoms with Crippen molar-refractivity contribution in [2.45, 2.75) is 24.7 Å². The SMILES string of the molecule is OCC1(c2ccc3cc(F)ccc3c2)CCC1. The molecule has 3 rings (SSSR count). The van der Waals surface area contributed by atoms with Gasteiger partial charge in [0.2, 0.25) is 0 Å². The summed E-state index contributed by atoms with van der Waals surface area (Å²) in [7, 11) is 0. The zero-order valence-corrected chi connectivity index (χ0v) is 9.62. The summed E-state index contributed by atoms with van der Waals surface area (Å²) in [6.45, 7) is 0.208. The predicted molar refractivity (Wildman–Crippen MR) is 66.5 cm³/mol. The van der Waals surface area contributed by atoms with Crippen LogP contribution in [0.2, 0.25) is 0 Å². The van der Waals surface area contributed by atoms with Crippen molar-refractivity contribution in [2.24, 2.45) is 0 Å². The van der Waals surface area contributed by atoms with Gasteiger partial charge in [-0.1, -0.05) is 30.7 Å². The number of benzene rings is 2. The molecule has 0 unspecified atom stereocenters. The Hall–Kier alpha value is -1.41. The summed E-state index contributed by atoms with van der Waals surface area (Å²) in [6.07, 6.45) is 3.29. The molecular weight excluding hydrogens is 215 g/mol. The fraction of sp³-hybridized carbons (Fsp3) is 0.333. The zero-order chi connectivity index (χ0) is 11.9. The first kappa shape index (κ1) is 10.7. The fourth-order valence-corrected chi connectivity index (χ4v) is 2.69. The summed E-state index contributed by atoms with van der Waals surface area (Å²) < 4.78 is 13.1. The van der Waals surface area contributed by atoms with Gasteiger partial charge in [-0.25, -0.2) is 4.39 Å². The predicted octanol–water partition coefficient (Wildman–Crippen LogP) is 3.39. The minimum Gasteiger partial charge on any atom is -0.395 e. The highest BCUT2D eigenvalue weighted by molar-refractivity contribution is 5.83. The Kier molecular flexibility index (Phi) is 2.40. The normalized spacial score (nSPS) is 18.0. The van der Waals surface area contributed by atoms with E-state index in [1.165, 1.54) is 18.1 Å². The number of aliphatic hydroxyl groups excluding tert-OH is 1. The Morgan fingerprint density at radius 2 is 1.76 bits per heavy atom. The minimum atomic E-state index is -0.203. The minimum absolute atomic E-state index is 0.0391. The maximum absolute atomic E-state index is 13.1. The van der Waals surface area contributed by atoms with Gasteiger partial charge in [-0.15, -0.1) is 0 Å². The van der Waals surface area contributed by atoms with Gasteiger partial charge in [-0.05, 0) is 41.3 Å². The highest BCUT2D eigenvalue weighted by Crippen LogP contribution is 2.43. The van der Waals surface area contributed by atoms with Crippen LogP contribution in [0.5, 0.6) is 0 Å². The number of aliphatic hydroxyl groups is 1. The lowest BCUT2D eigenvalue weighted by atomic mass is 9.65. The van der Waals surface area contributed by atoms with Crippen LogP contribution in [0, 0.1) is 5.82 Å². The molecule has 0 aliphatic heterocycles. The summed E-state index contributed by atoms with van der Waals surface area (Å²) >= 11 is 0. The van der Waals surface area contributed by atoms with E-state index in [1.807, 2.05) is 12.1 Å². The number of fused-ring (bicyclic) bond motifs is 1. The molecule has 88 valence electrons. The number of hydrogen-bond donors (Lipinski definition) is 1. The third-order valence-electron chi connectivity index (χ3n) is 4.03. The first-order valence-electron chi connectivity index (χ1n) is 6.04. The van der Waals surface area contributed by atoms with E-state index in [0.29, 0.717) is 0 Å². The third-order valence-corrected chi connectivity index (χ3v) is 4.03. The first-order chi connectivity index (χ1) is 8.23. The molecule has 17 heavy (non-hydrogen) atoms. The maximum Gasteiger partial charge on any atom is 0.123 e. The maximum atomic E-state index is 13.1. The Labute approximate surface area is 99.9 Å². The zero-order valence-electron chi connectivity index (χ0n) is 9.62. The van der Waals surface area contributed by atoms with Crippen LogP contribution in [-0.2, 0) is 5.41 Å². The van der Waals surface area contributed by atoms with Crippen LogP contribution in [0.25, 0.3) is 10.8 Å². The number of halogens is 1. The molecule has 1 nitrogen and oxygen atoms in total. The molecular formula is C15H15FO. The smallest absolute Gasteiger partial charge is 0.123 e. The molecule has 0 spiro atoms. The Morgan fingerprint density at radius 3 is 2.41 bits per heavy atom. The Balaban J connectivity index is 2.10.